The normalized spacial score (nSPS) is 15.6. The molecule has 0 fully saturated rings. The molecule has 0 bridgehead atoms. The monoisotopic (exact) mass is 474 g/mol. The Hall–Kier alpha value is -3.55. The van der Waals surface area contributed by atoms with Crippen molar-refractivity contribution >= 4 is 11.8 Å². The molecule has 182 valence electrons. The van der Waals surface area contributed by atoms with Crippen molar-refractivity contribution in [3.05, 3.63) is 83.4 Å². The highest BCUT2D eigenvalue weighted by molar-refractivity contribution is 5.79. The number of anilines is 1. The van der Waals surface area contributed by atoms with Crippen LogP contribution in [0.1, 0.15) is 22.6 Å². The zero-order valence-electron chi connectivity index (χ0n) is 19.5. The summed E-state index contributed by atoms with van der Waals surface area (Å²) in [5.41, 5.74) is 6.90. The summed E-state index contributed by atoms with van der Waals surface area (Å²) >= 11 is 0. The van der Waals surface area contributed by atoms with E-state index < -0.39 is 6.09 Å². The van der Waals surface area contributed by atoms with Gasteiger partial charge in [0.25, 0.3) is 0 Å². The second kappa shape index (κ2) is 10.8. The van der Waals surface area contributed by atoms with Gasteiger partial charge in [-0.05, 0) is 46.0 Å². The first kappa shape index (κ1) is 23.2. The number of carbonyl (C=O) groups is 1. The number of aliphatic hydroxyl groups is 1. The van der Waals surface area contributed by atoms with Crippen molar-refractivity contribution in [1.29, 1.82) is 0 Å². The number of alkyl carbamates (subject to hydrolysis) is 1. The minimum Gasteiger partial charge on any atom is -0.488 e. The lowest BCUT2D eigenvalue weighted by Crippen LogP contribution is -2.35. The Balaban J connectivity index is 1.09. The Morgan fingerprint density at radius 3 is 2.49 bits per heavy atom. The molecule has 7 nitrogen and oxygen atoms in total. The van der Waals surface area contributed by atoms with Crippen molar-refractivity contribution in [3.8, 4) is 16.9 Å². The van der Waals surface area contributed by atoms with Gasteiger partial charge in [-0.1, -0.05) is 48.5 Å². The van der Waals surface area contributed by atoms with Crippen molar-refractivity contribution in [3.63, 3.8) is 0 Å². The highest BCUT2D eigenvalue weighted by Gasteiger charge is 2.29. The van der Waals surface area contributed by atoms with E-state index in [0.29, 0.717) is 32.9 Å². The van der Waals surface area contributed by atoms with E-state index in [0.717, 1.165) is 23.4 Å². The Bertz CT molecular complexity index is 1140. The van der Waals surface area contributed by atoms with Crippen LogP contribution in [0.15, 0.2) is 66.7 Å². The van der Waals surface area contributed by atoms with Crippen molar-refractivity contribution in [2.45, 2.75) is 18.4 Å². The van der Waals surface area contributed by atoms with Crippen molar-refractivity contribution in [1.82, 2.24) is 5.32 Å². The molecule has 0 spiro atoms. The molecular formula is C28H30N2O5. The number of hydrogen-bond donors (Lipinski definition) is 3. The van der Waals surface area contributed by atoms with E-state index in [1.165, 1.54) is 22.3 Å². The van der Waals surface area contributed by atoms with Crippen LogP contribution in [0.25, 0.3) is 11.1 Å². The molecule has 0 saturated carbocycles. The van der Waals surface area contributed by atoms with Crippen LogP contribution in [0.2, 0.25) is 0 Å². The number of aliphatic hydroxyl groups excluding tert-OH is 1. The second-order valence-electron chi connectivity index (χ2n) is 8.74. The molecule has 3 N–H and O–H groups in total. The predicted molar refractivity (Wildman–Crippen MR) is 134 cm³/mol. The van der Waals surface area contributed by atoms with E-state index in [4.69, 9.17) is 19.3 Å². The predicted octanol–water partition coefficient (Wildman–Crippen LogP) is 3.95. The van der Waals surface area contributed by atoms with Crippen LogP contribution >= 0.6 is 0 Å². The van der Waals surface area contributed by atoms with Gasteiger partial charge in [-0.2, -0.15) is 0 Å². The molecule has 0 radical (unpaired) electrons. The Morgan fingerprint density at radius 1 is 1.00 bits per heavy atom. The van der Waals surface area contributed by atoms with Crippen LogP contribution in [0.5, 0.6) is 5.75 Å². The fraction of sp³-hybridized carbons (Fsp3) is 0.321. The Labute approximate surface area is 205 Å². The number of benzene rings is 3. The van der Waals surface area contributed by atoms with E-state index in [1.54, 1.807) is 0 Å². The highest BCUT2D eigenvalue weighted by Crippen LogP contribution is 2.44. The maximum Gasteiger partial charge on any atom is 0.407 e. The van der Waals surface area contributed by atoms with Crippen LogP contribution in [0.4, 0.5) is 10.5 Å². The SMILES string of the molecule is O=C(NCC1Cc2cc(NCCOCCO)ccc2O1)OCC1c2ccccc2-c2ccccc21. The topological polar surface area (TPSA) is 89.1 Å². The maximum atomic E-state index is 12.5. The molecule has 3 aromatic rings. The quantitative estimate of drug-likeness (QED) is 0.386. The number of amides is 1. The summed E-state index contributed by atoms with van der Waals surface area (Å²) in [6.07, 6.45) is 0.153. The van der Waals surface area contributed by atoms with Gasteiger partial charge in [-0.3, -0.25) is 0 Å². The zero-order valence-corrected chi connectivity index (χ0v) is 19.5. The van der Waals surface area contributed by atoms with Gasteiger partial charge < -0.3 is 30.0 Å². The minimum absolute atomic E-state index is 0.0294. The molecule has 1 amide bonds. The molecule has 1 unspecified atom stereocenters. The summed E-state index contributed by atoms with van der Waals surface area (Å²) in [5.74, 6) is 0.881. The van der Waals surface area contributed by atoms with Crippen molar-refractivity contribution in [2.24, 2.45) is 0 Å². The first-order chi connectivity index (χ1) is 17.2. The number of ether oxygens (including phenoxy) is 3. The van der Waals surface area contributed by atoms with Gasteiger partial charge in [0, 0.05) is 24.6 Å². The number of rotatable bonds is 10. The van der Waals surface area contributed by atoms with Crippen LogP contribution in [0.3, 0.4) is 0 Å². The average Bonchev–Trinajstić information content (AvgIpc) is 3.44. The number of fused-ring (bicyclic) bond motifs is 4. The van der Waals surface area contributed by atoms with E-state index in [-0.39, 0.29) is 18.6 Å². The third-order valence-corrected chi connectivity index (χ3v) is 6.43. The van der Waals surface area contributed by atoms with Gasteiger partial charge in [0.05, 0.1) is 26.4 Å². The molecule has 1 aliphatic carbocycles. The summed E-state index contributed by atoms with van der Waals surface area (Å²) in [7, 11) is 0. The summed E-state index contributed by atoms with van der Waals surface area (Å²) in [5, 5.41) is 14.9. The summed E-state index contributed by atoms with van der Waals surface area (Å²) < 4.78 is 16.9. The van der Waals surface area contributed by atoms with Gasteiger partial charge in [-0.15, -0.1) is 0 Å². The van der Waals surface area contributed by atoms with Crippen LogP contribution in [-0.2, 0) is 15.9 Å². The highest BCUT2D eigenvalue weighted by atomic mass is 16.5. The lowest BCUT2D eigenvalue weighted by atomic mass is 9.98. The molecule has 7 heteroatoms. The number of carbonyl (C=O) groups excluding carboxylic acids is 1. The zero-order chi connectivity index (χ0) is 24.0. The number of nitrogens with one attached hydrogen (secondary N) is 2. The third kappa shape index (κ3) is 5.26. The van der Waals surface area contributed by atoms with E-state index in [2.05, 4.69) is 41.0 Å². The molecular weight excluding hydrogens is 444 g/mol. The van der Waals surface area contributed by atoms with Crippen LogP contribution in [-0.4, -0.2) is 56.8 Å². The molecule has 0 aromatic heterocycles. The molecule has 1 heterocycles. The molecule has 5 rings (SSSR count). The van der Waals surface area contributed by atoms with Gasteiger partial charge in [0.15, 0.2) is 0 Å². The number of hydrogen-bond acceptors (Lipinski definition) is 6. The first-order valence-electron chi connectivity index (χ1n) is 12.0. The average molecular weight is 475 g/mol. The van der Waals surface area contributed by atoms with Crippen molar-refractivity contribution < 1.29 is 24.1 Å². The lowest BCUT2D eigenvalue weighted by molar-refractivity contribution is 0.0992. The van der Waals surface area contributed by atoms with Crippen LogP contribution in [0, 0.1) is 0 Å². The fourth-order valence-corrected chi connectivity index (χ4v) is 4.83. The molecule has 3 aromatic carbocycles. The van der Waals surface area contributed by atoms with E-state index >= 15 is 0 Å². The molecule has 0 saturated heterocycles. The Morgan fingerprint density at radius 2 is 1.74 bits per heavy atom. The minimum atomic E-state index is -0.434. The van der Waals surface area contributed by atoms with Crippen LogP contribution < -0.4 is 15.4 Å². The Kier molecular flexibility index (Phi) is 7.16. The summed E-state index contributed by atoms with van der Waals surface area (Å²) in [4.78, 5) is 12.5. The van der Waals surface area contributed by atoms with E-state index in [9.17, 15) is 4.79 Å². The lowest BCUT2D eigenvalue weighted by Gasteiger charge is -2.16. The van der Waals surface area contributed by atoms with Gasteiger partial charge in [-0.25, -0.2) is 4.79 Å². The first-order valence-corrected chi connectivity index (χ1v) is 12.0. The third-order valence-electron chi connectivity index (χ3n) is 6.43. The summed E-state index contributed by atoms with van der Waals surface area (Å²) in [6, 6.07) is 22.6. The van der Waals surface area contributed by atoms with Gasteiger partial charge >= 0.3 is 6.09 Å². The van der Waals surface area contributed by atoms with Crippen molar-refractivity contribution in [2.75, 3.05) is 44.8 Å². The molecule has 1 aliphatic heterocycles. The smallest absolute Gasteiger partial charge is 0.407 e. The van der Waals surface area contributed by atoms with Gasteiger partial charge in [0.1, 0.15) is 18.5 Å². The molecule has 2 aliphatic rings. The summed E-state index contributed by atoms with van der Waals surface area (Å²) in [6.45, 7) is 2.23. The molecule has 35 heavy (non-hydrogen) atoms. The van der Waals surface area contributed by atoms with E-state index in [1.807, 2.05) is 36.4 Å². The largest absolute Gasteiger partial charge is 0.488 e. The second-order valence-corrected chi connectivity index (χ2v) is 8.74. The van der Waals surface area contributed by atoms with Gasteiger partial charge in [0.2, 0.25) is 0 Å². The standard InChI is InChI=1S/C28H30N2O5/c31-12-14-33-13-11-29-20-9-10-27-19(15-20)16-21(35-27)17-30-28(32)34-18-26-24-7-3-1-5-22(24)23-6-2-4-8-25(23)26/h1-10,15,21,26,29,31H,11-14,16-18H2,(H,30,32). The maximum absolute atomic E-state index is 12.5. The molecule has 1 atom stereocenters. The fourth-order valence-electron chi connectivity index (χ4n) is 4.83.